The van der Waals surface area contributed by atoms with E-state index in [1.54, 1.807) is 13.1 Å². The Morgan fingerprint density at radius 3 is 2.52 bits per heavy atom. The number of aromatic nitrogens is 3. The van der Waals surface area contributed by atoms with Gasteiger partial charge in [0.05, 0.1) is 5.92 Å². The Morgan fingerprint density at radius 2 is 1.96 bits per heavy atom. The molecule has 0 amide bonds. The minimum absolute atomic E-state index is 0.139. The molecule has 7 heteroatoms. The molecule has 0 unspecified atom stereocenters. The average Bonchev–Trinajstić information content (AvgIpc) is 2.60. The zero-order chi connectivity index (χ0) is 18.0. The van der Waals surface area contributed by atoms with Crippen molar-refractivity contribution in [1.29, 1.82) is 0 Å². The molecule has 1 fully saturated rings. The first-order valence-corrected chi connectivity index (χ1v) is 8.47. The third-order valence-electron chi connectivity index (χ3n) is 4.86. The molecule has 0 bridgehead atoms. The average molecular weight is 342 g/mol. The van der Waals surface area contributed by atoms with Crippen LogP contribution >= 0.6 is 0 Å². The maximum absolute atomic E-state index is 11.9. The molecule has 0 saturated heterocycles. The lowest BCUT2D eigenvalue weighted by molar-refractivity contribution is -0.142. The normalized spacial score (nSPS) is 20.2. The number of rotatable bonds is 4. The molecule has 25 heavy (non-hydrogen) atoms. The predicted octanol–water partition coefficient (Wildman–Crippen LogP) is 2.50. The molecule has 0 aromatic carbocycles. The van der Waals surface area contributed by atoms with Gasteiger partial charge in [-0.3, -0.25) is 9.59 Å². The summed E-state index contributed by atoms with van der Waals surface area (Å²) in [7, 11) is 0. The number of carboxylic acids is 1. The van der Waals surface area contributed by atoms with Gasteiger partial charge in [0, 0.05) is 29.1 Å². The molecule has 0 aliphatic heterocycles. The van der Waals surface area contributed by atoms with E-state index in [2.05, 4.69) is 20.3 Å². The Kier molecular flexibility index (Phi) is 4.83. The van der Waals surface area contributed by atoms with E-state index in [1.165, 1.54) is 0 Å². The van der Waals surface area contributed by atoms with Gasteiger partial charge in [-0.1, -0.05) is 0 Å². The van der Waals surface area contributed by atoms with Crippen LogP contribution in [0.4, 0.5) is 5.82 Å². The first-order valence-electron chi connectivity index (χ1n) is 8.47. The molecule has 3 rings (SSSR count). The fourth-order valence-electron chi connectivity index (χ4n) is 3.09. The van der Waals surface area contributed by atoms with Crippen molar-refractivity contribution < 1.29 is 9.90 Å². The third-order valence-corrected chi connectivity index (χ3v) is 4.86. The van der Waals surface area contributed by atoms with E-state index in [0.717, 1.165) is 24.2 Å². The van der Waals surface area contributed by atoms with Crippen LogP contribution in [0.15, 0.2) is 23.1 Å². The highest BCUT2D eigenvalue weighted by Gasteiger charge is 2.25. The molecular weight excluding hydrogens is 320 g/mol. The van der Waals surface area contributed by atoms with Gasteiger partial charge in [0.25, 0.3) is 5.56 Å². The summed E-state index contributed by atoms with van der Waals surface area (Å²) in [4.78, 5) is 34.4. The molecule has 7 nitrogen and oxygen atoms in total. The van der Waals surface area contributed by atoms with Crippen molar-refractivity contribution in [3.63, 3.8) is 0 Å². The van der Waals surface area contributed by atoms with Crippen molar-refractivity contribution in [3.05, 3.63) is 39.9 Å². The number of carboxylic acid groups (broad SMARTS) is 1. The van der Waals surface area contributed by atoms with Crippen LogP contribution in [-0.4, -0.2) is 32.1 Å². The molecule has 132 valence electrons. The van der Waals surface area contributed by atoms with E-state index in [1.807, 2.05) is 19.1 Å². The van der Waals surface area contributed by atoms with Crippen LogP contribution in [0.3, 0.4) is 0 Å². The molecule has 0 spiro atoms. The molecule has 0 radical (unpaired) electrons. The van der Waals surface area contributed by atoms with E-state index in [4.69, 9.17) is 5.11 Å². The third kappa shape index (κ3) is 3.87. The second-order valence-electron chi connectivity index (χ2n) is 6.59. The molecule has 3 N–H and O–H groups in total. The van der Waals surface area contributed by atoms with Gasteiger partial charge in [-0.15, -0.1) is 0 Å². The minimum atomic E-state index is -0.698. The summed E-state index contributed by atoms with van der Waals surface area (Å²) in [6.07, 6.45) is 4.72. The van der Waals surface area contributed by atoms with Gasteiger partial charge in [0.2, 0.25) is 0 Å². The Morgan fingerprint density at radius 1 is 1.24 bits per heavy atom. The number of anilines is 1. The first-order chi connectivity index (χ1) is 11.9. The summed E-state index contributed by atoms with van der Waals surface area (Å²) in [6, 6.07) is 3.97. The number of hydrogen-bond acceptors (Lipinski definition) is 5. The number of aliphatic carboxylic acids is 1. The Bertz CT molecular complexity index is 821. The van der Waals surface area contributed by atoms with Gasteiger partial charge in [0.1, 0.15) is 11.6 Å². The number of carbonyl (C=O) groups is 1. The van der Waals surface area contributed by atoms with Crippen molar-refractivity contribution in [1.82, 2.24) is 15.0 Å². The minimum Gasteiger partial charge on any atom is -0.481 e. The highest BCUT2D eigenvalue weighted by atomic mass is 16.4. The molecule has 2 aromatic heterocycles. The molecule has 1 aliphatic rings. The van der Waals surface area contributed by atoms with Crippen LogP contribution < -0.4 is 10.9 Å². The van der Waals surface area contributed by atoms with Crippen molar-refractivity contribution >= 4 is 11.8 Å². The topological polar surface area (TPSA) is 108 Å². The van der Waals surface area contributed by atoms with E-state index in [0.29, 0.717) is 29.9 Å². The van der Waals surface area contributed by atoms with Crippen LogP contribution in [0.25, 0.3) is 11.4 Å². The number of pyridine rings is 1. The van der Waals surface area contributed by atoms with Crippen LogP contribution in [0, 0.1) is 19.8 Å². The van der Waals surface area contributed by atoms with Gasteiger partial charge >= 0.3 is 5.97 Å². The van der Waals surface area contributed by atoms with Crippen LogP contribution in [0.1, 0.15) is 36.9 Å². The quantitative estimate of drug-likeness (QED) is 0.788. The number of hydrogen-bond donors (Lipinski definition) is 3. The van der Waals surface area contributed by atoms with Gasteiger partial charge in [-0.05, 0) is 51.7 Å². The molecule has 2 heterocycles. The summed E-state index contributed by atoms with van der Waals surface area (Å²) >= 11 is 0. The van der Waals surface area contributed by atoms with Gasteiger partial charge in [-0.2, -0.15) is 0 Å². The Hall–Kier alpha value is -2.70. The van der Waals surface area contributed by atoms with Gasteiger partial charge in [0.15, 0.2) is 0 Å². The number of aromatic amines is 1. The smallest absolute Gasteiger partial charge is 0.306 e. The predicted molar refractivity (Wildman–Crippen MR) is 94.6 cm³/mol. The number of nitrogens with one attached hydrogen (secondary N) is 2. The van der Waals surface area contributed by atoms with Crippen molar-refractivity contribution in [2.24, 2.45) is 5.92 Å². The van der Waals surface area contributed by atoms with E-state index in [-0.39, 0.29) is 17.5 Å². The lowest BCUT2D eigenvalue weighted by Gasteiger charge is -2.27. The van der Waals surface area contributed by atoms with Crippen LogP contribution in [0.2, 0.25) is 0 Å². The lowest BCUT2D eigenvalue weighted by Crippen LogP contribution is -2.29. The van der Waals surface area contributed by atoms with Gasteiger partial charge < -0.3 is 15.4 Å². The van der Waals surface area contributed by atoms with E-state index < -0.39 is 5.97 Å². The highest BCUT2D eigenvalue weighted by Crippen LogP contribution is 2.26. The van der Waals surface area contributed by atoms with E-state index in [9.17, 15) is 9.59 Å². The zero-order valence-corrected chi connectivity index (χ0v) is 14.4. The fourth-order valence-corrected chi connectivity index (χ4v) is 3.09. The summed E-state index contributed by atoms with van der Waals surface area (Å²) in [5.41, 5.74) is 1.93. The summed E-state index contributed by atoms with van der Waals surface area (Å²) in [5.74, 6) is 0.333. The molecular formula is C18H22N4O3. The Labute approximate surface area is 145 Å². The molecule has 1 aliphatic carbocycles. The summed E-state index contributed by atoms with van der Waals surface area (Å²) in [5, 5.41) is 12.4. The maximum Gasteiger partial charge on any atom is 0.306 e. The molecule has 2 aromatic rings. The SMILES string of the molecule is Cc1nc(-c2ccc(NC3CCC(C(=O)O)CC3)nc2)[nH]c(=O)c1C. The molecule has 0 atom stereocenters. The number of H-pyrrole nitrogens is 1. The Balaban J connectivity index is 1.67. The summed E-state index contributed by atoms with van der Waals surface area (Å²) in [6.45, 7) is 3.56. The number of nitrogens with zero attached hydrogens (tertiary/aromatic N) is 2. The van der Waals surface area contributed by atoms with Crippen LogP contribution in [0.5, 0.6) is 0 Å². The van der Waals surface area contributed by atoms with Gasteiger partial charge in [-0.25, -0.2) is 9.97 Å². The second-order valence-corrected chi connectivity index (χ2v) is 6.59. The zero-order valence-electron chi connectivity index (χ0n) is 14.4. The standard InChI is InChI=1S/C18H22N4O3/c1-10-11(2)20-16(22-17(10)23)13-5-8-15(19-9-13)21-14-6-3-12(4-7-14)18(24)25/h5,8-9,12,14H,3-4,6-7H2,1-2H3,(H,19,21)(H,24,25)(H,20,22,23). The fraction of sp³-hybridized carbons (Fsp3) is 0.444. The second kappa shape index (κ2) is 7.04. The van der Waals surface area contributed by atoms with Crippen molar-refractivity contribution in [2.45, 2.75) is 45.6 Å². The van der Waals surface area contributed by atoms with Crippen molar-refractivity contribution in [3.8, 4) is 11.4 Å². The first kappa shape index (κ1) is 17.1. The van der Waals surface area contributed by atoms with Crippen LogP contribution in [-0.2, 0) is 4.79 Å². The highest BCUT2D eigenvalue weighted by molar-refractivity contribution is 5.70. The number of aryl methyl sites for hydroxylation is 1. The van der Waals surface area contributed by atoms with Crippen molar-refractivity contribution in [2.75, 3.05) is 5.32 Å². The largest absolute Gasteiger partial charge is 0.481 e. The molecule has 1 saturated carbocycles. The summed E-state index contributed by atoms with van der Waals surface area (Å²) < 4.78 is 0. The monoisotopic (exact) mass is 342 g/mol. The maximum atomic E-state index is 11.9. The van der Waals surface area contributed by atoms with E-state index >= 15 is 0 Å². The lowest BCUT2D eigenvalue weighted by atomic mass is 9.86.